The number of rotatable bonds is 7. The van der Waals surface area contributed by atoms with E-state index in [1.807, 2.05) is 4.90 Å². The normalized spacial score (nSPS) is 21.9. The molecule has 1 atom stereocenters. The van der Waals surface area contributed by atoms with Gasteiger partial charge in [-0.2, -0.15) is 0 Å². The summed E-state index contributed by atoms with van der Waals surface area (Å²) in [5, 5.41) is 3.12. The fourth-order valence-electron chi connectivity index (χ4n) is 4.19. The van der Waals surface area contributed by atoms with Gasteiger partial charge in [-0.1, -0.05) is 6.92 Å². The number of hydrogen-bond acceptors (Lipinski definition) is 4. The predicted octanol–water partition coefficient (Wildman–Crippen LogP) is 2.51. The highest BCUT2D eigenvalue weighted by Crippen LogP contribution is 2.23. The van der Waals surface area contributed by atoms with E-state index in [9.17, 15) is 9.59 Å². The minimum absolute atomic E-state index is 0.0481. The van der Waals surface area contributed by atoms with Crippen molar-refractivity contribution in [2.24, 2.45) is 5.92 Å². The zero-order valence-electron chi connectivity index (χ0n) is 15.8. The van der Waals surface area contributed by atoms with Gasteiger partial charge in [0.2, 0.25) is 5.91 Å². The second kappa shape index (κ2) is 9.21. The molecule has 26 heavy (non-hydrogen) atoms. The number of piperidine rings is 1. The molecule has 144 valence electrons. The summed E-state index contributed by atoms with van der Waals surface area (Å²) in [5.74, 6) is 0.754. The van der Waals surface area contributed by atoms with Crippen molar-refractivity contribution in [3.05, 3.63) is 24.2 Å². The molecule has 6 heteroatoms. The van der Waals surface area contributed by atoms with E-state index in [0.29, 0.717) is 23.9 Å². The Labute approximate surface area is 155 Å². The lowest BCUT2D eigenvalue weighted by atomic mass is 9.92. The molecule has 1 N–H and O–H groups in total. The Morgan fingerprint density at radius 1 is 1.23 bits per heavy atom. The third-order valence-corrected chi connectivity index (χ3v) is 5.89. The van der Waals surface area contributed by atoms with Crippen molar-refractivity contribution in [1.29, 1.82) is 0 Å². The Morgan fingerprint density at radius 3 is 2.73 bits per heavy atom. The number of furan rings is 1. The van der Waals surface area contributed by atoms with E-state index in [4.69, 9.17) is 4.42 Å². The average molecular weight is 361 g/mol. The zero-order valence-corrected chi connectivity index (χ0v) is 15.8. The summed E-state index contributed by atoms with van der Waals surface area (Å²) in [7, 11) is 0. The first-order valence-corrected chi connectivity index (χ1v) is 9.99. The van der Waals surface area contributed by atoms with Crippen LogP contribution in [0.5, 0.6) is 0 Å². The van der Waals surface area contributed by atoms with Gasteiger partial charge in [-0.3, -0.25) is 14.5 Å². The van der Waals surface area contributed by atoms with E-state index in [0.717, 1.165) is 52.0 Å². The molecule has 2 aliphatic heterocycles. The first-order valence-electron chi connectivity index (χ1n) is 9.99. The van der Waals surface area contributed by atoms with Crippen molar-refractivity contribution in [3.8, 4) is 0 Å². The first kappa shape index (κ1) is 19.0. The zero-order chi connectivity index (χ0) is 18.4. The number of amides is 2. The molecule has 0 saturated carbocycles. The van der Waals surface area contributed by atoms with Gasteiger partial charge in [0.15, 0.2) is 0 Å². The van der Waals surface area contributed by atoms with Gasteiger partial charge < -0.3 is 14.6 Å². The van der Waals surface area contributed by atoms with Crippen molar-refractivity contribution >= 4 is 11.8 Å². The maximum Gasteiger partial charge on any atom is 0.257 e. The maximum absolute atomic E-state index is 12.3. The van der Waals surface area contributed by atoms with E-state index < -0.39 is 0 Å². The molecule has 2 saturated heterocycles. The molecule has 2 fully saturated rings. The Kier molecular flexibility index (Phi) is 6.72. The lowest BCUT2D eigenvalue weighted by molar-refractivity contribution is -0.121. The van der Waals surface area contributed by atoms with Crippen LogP contribution in [-0.2, 0) is 4.79 Å². The Bertz CT molecular complexity index is 579. The molecule has 0 aromatic carbocycles. The largest absolute Gasteiger partial charge is 0.472 e. The van der Waals surface area contributed by atoms with Crippen LogP contribution in [0.15, 0.2) is 23.0 Å². The van der Waals surface area contributed by atoms with Crippen molar-refractivity contribution in [3.63, 3.8) is 0 Å². The molecular formula is C20H31N3O3. The van der Waals surface area contributed by atoms with Gasteiger partial charge in [0.05, 0.1) is 11.8 Å². The third kappa shape index (κ3) is 4.87. The van der Waals surface area contributed by atoms with E-state index in [1.54, 1.807) is 6.07 Å². The summed E-state index contributed by atoms with van der Waals surface area (Å²) in [5.41, 5.74) is 0.621. The van der Waals surface area contributed by atoms with Crippen LogP contribution in [0.3, 0.4) is 0 Å². The molecule has 1 aromatic rings. The van der Waals surface area contributed by atoms with Crippen LogP contribution in [0.4, 0.5) is 0 Å². The average Bonchev–Trinajstić information content (AvgIpc) is 3.36. The number of likely N-dealkylation sites (tertiary alicyclic amines) is 2. The topological polar surface area (TPSA) is 65.8 Å². The van der Waals surface area contributed by atoms with Gasteiger partial charge in [-0.05, 0) is 57.2 Å². The lowest BCUT2D eigenvalue weighted by Crippen LogP contribution is -2.40. The number of hydrogen-bond donors (Lipinski definition) is 1. The van der Waals surface area contributed by atoms with Crippen LogP contribution in [-0.4, -0.2) is 60.4 Å². The van der Waals surface area contributed by atoms with Crippen molar-refractivity contribution in [2.45, 2.75) is 51.5 Å². The van der Waals surface area contributed by atoms with E-state index in [1.165, 1.54) is 25.4 Å². The summed E-state index contributed by atoms with van der Waals surface area (Å²) >= 11 is 0. The van der Waals surface area contributed by atoms with Gasteiger partial charge in [0.25, 0.3) is 5.91 Å². The highest BCUT2D eigenvalue weighted by atomic mass is 16.3. The third-order valence-electron chi connectivity index (χ3n) is 5.89. The quantitative estimate of drug-likeness (QED) is 0.810. The molecule has 6 nitrogen and oxygen atoms in total. The van der Waals surface area contributed by atoms with E-state index >= 15 is 0 Å². The molecule has 2 aliphatic rings. The number of nitrogens with one attached hydrogen (secondary N) is 1. The van der Waals surface area contributed by atoms with Crippen LogP contribution >= 0.6 is 0 Å². The number of likely N-dealkylation sites (N-methyl/N-ethyl adjacent to an activating group) is 1. The number of carbonyl (C=O) groups excluding carboxylic acids is 2. The van der Waals surface area contributed by atoms with E-state index in [2.05, 4.69) is 17.1 Å². The van der Waals surface area contributed by atoms with Crippen molar-refractivity contribution < 1.29 is 14.0 Å². The summed E-state index contributed by atoms with van der Waals surface area (Å²) in [4.78, 5) is 28.8. The molecule has 0 aliphatic carbocycles. The highest BCUT2D eigenvalue weighted by Gasteiger charge is 2.25. The minimum Gasteiger partial charge on any atom is -0.472 e. The molecular weight excluding hydrogens is 330 g/mol. The SMILES string of the molecule is CCN1CCCC1CNC(=O)CCC1CCN(C(=O)c2ccoc2)CC1. The summed E-state index contributed by atoms with van der Waals surface area (Å²) in [6, 6.07) is 2.23. The Balaban J connectivity index is 1.32. The van der Waals surface area contributed by atoms with Gasteiger partial charge in [-0.25, -0.2) is 0 Å². The second-order valence-corrected chi connectivity index (χ2v) is 7.51. The molecule has 0 bridgehead atoms. The molecule has 0 spiro atoms. The van der Waals surface area contributed by atoms with E-state index in [-0.39, 0.29) is 11.8 Å². The van der Waals surface area contributed by atoms with Gasteiger partial charge in [0.1, 0.15) is 6.26 Å². The van der Waals surface area contributed by atoms with Crippen LogP contribution < -0.4 is 5.32 Å². The monoisotopic (exact) mass is 361 g/mol. The van der Waals surface area contributed by atoms with Crippen LogP contribution in [0.2, 0.25) is 0 Å². The molecule has 3 heterocycles. The lowest BCUT2D eigenvalue weighted by Gasteiger charge is -2.31. The minimum atomic E-state index is 0.0481. The van der Waals surface area contributed by atoms with Crippen molar-refractivity contribution in [2.75, 3.05) is 32.7 Å². The number of nitrogens with zero attached hydrogens (tertiary/aromatic N) is 2. The smallest absolute Gasteiger partial charge is 0.257 e. The molecule has 2 amide bonds. The summed E-state index contributed by atoms with van der Waals surface area (Å²) < 4.78 is 4.99. The van der Waals surface area contributed by atoms with Crippen LogP contribution in [0.25, 0.3) is 0 Å². The van der Waals surface area contributed by atoms with Gasteiger partial charge >= 0.3 is 0 Å². The fourth-order valence-corrected chi connectivity index (χ4v) is 4.19. The summed E-state index contributed by atoms with van der Waals surface area (Å²) in [6.45, 7) is 6.73. The number of carbonyl (C=O) groups is 2. The Morgan fingerprint density at radius 2 is 2.04 bits per heavy atom. The first-order chi connectivity index (χ1) is 12.7. The summed E-state index contributed by atoms with van der Waals surface area (Å²) in [6.07, 6.45) is 8.93. The van der Waals surface area contributed by atoms with Crippen molar-refractivity contribution in [1.82, 2.24) is 15.1 Å². The molecule has 1 aromatic heterocycles. The maximum atomic E-state index is 12.3. The van der Waals surface area contributed by atoms with Gasteiger partial charge in [0, 0.05) is 32.1 Å². The standard InChI is InChI=1S/C20H31N3O3/c1-2-22-10-3-4-18(22)14-21-19(24)6-5-16-7-11-23(12-8-16)20(25)17-9-13-26-15-17/h9,13,15-16,18H,2-8,10-12,14H2,1H3,(H,21,24). The molecule has 1 unspecified atom stereocenters. The second-order valence-electron chi connectivity index (χ2n) is 7.51. The molecule has 3 rings (SSSR count). The van der Waals surface area contributed by atoms with Crippen LogP contribution in [0.1, 0.15) is 55.8 Å². The van der Waals surface area contributed by atoms with Gasteiger partial charge in [-0.15, -0.1) is 0 Å². The predicted molar refractivity (Wildman–Crippen MR) is 99.8 cm³/mol. The highest BCUT2D eigenvalue weighted by molar-refractivity contribution is 5.93. The molecule has 0 radical (unpaired) electrons. The van der Waals surface area contributed by atoms with Crippen LogP contribution in [0, 0.1) is 5.92 Å². The Hall–Kier alpha value is -1.82. The fraction of sp³-hybridized carbons (Fsp3) is 0.700.